The molecule has 0 amide bonds. The summed E-state index contributed by atoms with van der Waals surface area (Å²) in [7, 11) is 3.33. The van der Waals surface area contributed by atoms with E-state index in [4.69, 9.17) is 4.74 Å². The lowest BCUT2D eigenvalue weighted by Gasteiger charge is -2.24. The largest absolute Gasteiger partial charge is 0.377 e. The third kappa shape index (κ3) is 7.42. The van der Waals surface area contributed by atoms with E-state index in [1.54, 1.807) is 26.3 Å². The summed E-state index contributed by atoms with van der Waals surface area (Å²) in [6.45, 7) is 4.91. The Hall–Kier alpha value is -0.410. The van der Waals surface area contributed by atoms with Crippen LogP contribution in [0.2, 0.25) is 0 Å². The number of benzene rings is 1. The van der Waals surface area contributed by atoms with Crippen LogP contribution in [-0.4, -0.2) is 32.3 Å². The molecule has 0 aliphatic heterocycles. The lowest BCUT2D eigenvalue weighted by molar-refractivity contribution is 0.0268. The molecule has 4 nitrogen and oxygen atoms in total. The second kappa shape index (κ2) is 9.58. The lowest BCUT2D eigenvalue weighted by atomic mass is 10.1. The van der Waals surface area contributed by atoms with E-state index < -0.39 is 0 Å². The SMILES string of the molecule is CN=C(NCc1cc(Br)ccc1F)NCC(C)(C)OC.I. The molecule has 1 rings (SSSR count). The highest BCUT2D eigenvalue weighted by molar-refractivity contribution is 14.0. The Labute approximate surface area is 151 Å². The average Bonchev–Trinajstić information content (AvgIpc) is 2.42. The van der Waals surface area contributed by atoms with Crippen LogP contribution in [0.25, 0.3) is 0 Å². The average molecular weight is 474 g/mol. The van der Waals surface area contributed by atoms with Crippen LogP contribution in [0.3, 0.4) is 0 Å². The van der Waals surface area contributed by atoms with Crippen LogP contribution in [-0.2, 0) is 11.3 Å². The van der Waals surface area contributed by atoms with Gasteiger partial charge in [0.1, 0.15) is 5.82 Å². The third-order valence-corrected chi connectivity index (χ3v) is 3.41. The van der Waals surface area contributed by atoms with Crippen LogP contribution in [0.4, 0.5) is 4.39 Å². The van der Waals surface area contributed by atoms with E-state index >= 15 is 0 Å². The minimum Gasteiger partial charge on any atom is -0.377 e. The van der Waals surface area contributed by atoms with Gasteiger partial charge in [0.2, 0.25) is 0 Å². The van der Waals surface area contributed by atoms with Gasteiger partial charge in [0, 0.05) is 37.3 Å². The summed E-state index contributed by atoms with van der Waals surface area (Å²) < 4.78 is 19.8. The molecule has 0 spiro atoms. The Morgan fingerprint density at radius 2 is 2.05 bits per heavy atom. The van der Waals surface area contributed by atoms with Gasteiger partial charge in [0.05, 0.1) is 5.60 Å². The number of nitrogens with one attached hydrogen (secondary N) is 2. The summed E-state index contributed by atoms with van der Waals surface area (Å²) in [5.41, 5.74) is 0.284. The molecule has 0 aromatic heterocycles. The summed E-state index contributed by atoms with van der Waals surface area (Å²) in [6, 6.07) is 4.85. The quantitative estimate of drug-likeness (QED) is 0.392. The van der Waals surface area contributed by atoms with Crippen molar-refractivity contribution in [3.8, 4) is 0 Å². The summed E-state index contributed by atoms with van der Waals surface area (Å²) >= 11 is 3.33. The number of nitrogens with zero attached hydrogens (tertiary/aromatic N) is 1. The smallest absolute Gasteiger partial charge is 0.191 e. The minimum absolute atomic E-state index is 0. The molecular formula is C14H22BrFIN3O. The van der Waals surface area contributed by atoms with Crippen LogP contribution in [0.1, 0.15) is 19.4 Å². The van der Waals surface area contributed by atoms with Gasteiger partial charge in [-0.15, -0.1) is 24.0 Å². The fraction of sp³-hybridized carbons (Fsp3) is 0.500. The topological polar surface area (TPSA) is 45.7 Å². The van der Waals surface area contributed by atoms with Crippen molar-refractivity contribution >= 4 is 45.9 Å². The standard InChI is InChI=1S/C14H21BrFN3O.HI/c1-14(2,20-4)9-19-13(17-3)18-8-10-7-11(15)5-6-12(10)16;/h5-7H,8-9H2,1-4H3,(H2,17,18,19);1H. The molecule has 0 saturated heterocycles. The zero-order valence-electron chi connectivity index (χ0n) is 12.7. The van der Waals surface area contributed by atoms with Crippen LogP contribution in [0.15, 0.2) is 27.7 Å². The maximum absolute atomic E-state index is 13.6. The number of aliphatic imine (C=N–C) groups is 1. The van der Waals surface area contributed by atoms with Crippen molar-refractivity contribution in [2.75, 3.05) is 20.7 Å². The first-order valence-corrected chi connectivity index (χ1v) is 7.11. The van der Waals surface area contributed by atoms with Crippen LogP contribution in [0, 0.1) is 5.82 Å². The van der Waals surface area contributed by atoms with Crippen molar-refractivity contribution in [1.82, 2.24) is 10.6 Å². The summed E-state index contributed by atoms with van der Waals surface area (Å²) in [5.74, 6) is 0.364. The predicted octanol–water partition coefficient (Wildman–Crippen LogP) is 3.30. The fourth-order valence-electron chi connectivity index (χ4n) is 1.45. The molecule has 2 N–H and O–H groups in total. The molecule has 21 heavy (non-hydrogen) atoms. The zero-order valence-corrected chi connectivity index (χ0v) is 16.6. The first-order valence-electron chi connectivity index (χ1n) is 6.31. The van der Waals surface area contributed by atoms with Gasteiger partial charge in [0.25, 0.3) is 0 Å². The minimum atomic E-state index is -0.293. The summed E-state index contributed by atoms with van der Waals surface area (Å²) in [6.07, 6.45) is 0. The van der Waals surface area contributed by atoms with Crippen molar-refractivity contribution in [1.29, 1.82) is 0 Å². The molecule has 0 bridgehead atoms. The number of hydrogen-bond donors (Lipinski definition) is 2. The molecule has 0 atom stereocenters. The highest BCUT2D eigenvalue weighted by atomic mass is 127. The molecule has 0 unspecified atom stereocenters. The molecule has 0 aliphatic rings. The van der Waals surface area contributed by atoms with Crippen molar-refractivity contribution in [2.45, 2.75) is 26.0 Å². The van der Waals surface area contributed by atoms with Gasteiger partial charge in [-0.1, -0.05) is 15.9 Å². The van der Waals surface area contributed by atoms with Gasteiger partial charge < -0.3 is 15.4 Å². The highest BCUT2D eigenvalue weighted by Gasteiger charge is 2.16. The van der Waals surface area contributed by atoms with E-state index in [1.165, 1.54) is 6.07 Å². The summed E-state index contributed by atoms with van der Waals surface area (Å²) in [5, 5.41) is 6.22. The molecule has 0 radical (unpaired) electrons. The molecule has 120 valence electrons. The van der Waals surface area contributed by atoms with Gasteiger partial charge in [0.15, 0.2) is 5.96 Å². The van der Waals surface area contributed by atoms with Gasteiger partial charge in [-0.3, -0.25) is 4.99 Å². The Morgan fingerprint density at radius 1 is 1.38 bits per heavy atom. The highest BCUT2D eigenvalue weighted by Crippen LogP contribution is 2.15. The number of methoxy groups -OCH3 is 1. The Bertz CT molecular complexity index is 483. The Balaban J connectivity index is 0.00000400. The van der Waals surface area contributed by atoms with Crippen molar-refractivity contribution < 1.29 is 9.13 Å². The van der Waals surface area contributed by atoms with Gasteiger partial charge in [-0.2, -0.15) is 0 Å². The van der Waals surface area contributed by atoms with Crippen LogP contribution < -0.4 is 10.6 Å². The maximum atomic E-state index is 13.6. The molecule has 7 heteroatoms. The normalized spacial score (nSPS) is 11.8. The van der Waals surface area contributed by atoms with E-state index in [0.717, 1.165) is 4.47 Å². The van der Waals surface area contributed by atoms with Crippen molar-refractivity contribution in [3.05, 3.63) is 34.1 Å². The van der Waals surface area contributed by atoms with E-state index in [0.29, 0.717) is 24.6 Å². The third-order valence-electron chi connectivity index (χ3n) is 2.91. The van der Waals surface area contributed by atoms with Gasteiger partial charge >= 0.3 is 0 Å². The first-order chi connectivity index (χ1) is 9.38. The lowest BCUT2D eigenvalue weighted by Crippen LogP contribution is -2.45. The molecular weight excluding hydrogens is 452 g/mol. The predicted molar refractivity (Wildman–Crippen MR) is 98.8 cm³/mol. The number of ether oxygens (including phenoxy) is 1. The number of guanidine groups is 1. The number of rotatable bonds is 5. The second-order valence-electron chi connectivity index (χ2n) is 4.98. The number of halogens is 3. The van der Waals surface area contributed by atoms with Gasteiger partial charge in [-0.25, -0.2) is 4.39 Å². The molecule has 1 aromatic rings. The Morgan fingerprint density at radius 3 is 2.62 bits per heavy atom. The van der Waals surface area contributed by atoms with E-state index in [9.17, 15) is 4.39 Å². The molecule has 1 aromatic carbocycles. The second-order valence-corrected chi connectivity index (χ2v) is 5.89. The molecule has 0 saturated carbocycles. The van der Waals surface area contributed by atoms with E-state index in [1.807, 2.05) is 13.8 Å². The number of hydrogen-bond acceptors (Lipinski definition) is 2. The van der Waals surface area contributed by atoms with Crippen LogP contribution in [0.5, 0.6) is 0 Å². The van der Waals surface area contributed by atoms with Crippen molar-refractivity contribution in [2.24, 2.45) is 4.99 Å². The maximum Gasteiger partial charge on any atom is 0.191 e. The molecule has 0 aliphatic carbocycles. The first kappa shape index (κ1) is 20.6. The Kier molecular flexibility index (Phi) is 9.39. The molecule has 0 fully saturated rings. The molecule has 0 heterocycles. The monoisotopic (exact) mass is 473 g/mol. The van der Waals surface area contributed by atoms with E-state index in [2.05, 4.69) is 31.6 Å². The van der Waals surface area contributed by atoms with Crippen LogP contribution >= 0.6 is 39.9 Å². The van der Waals surface area contributed by atoms with E-state index in [-0.39, 0.29) is 35.4 Å². The fourth-order valence-corrected chi connectivity index (χ4v) is 1.86. The summed E-state index contributed by atoms with van der Waals surface area (Å²) in [4.78, 5) is 4.10. The van der Waals surface area contributed by atoms with Gasteiger partial charge in [-0.05, 0) is 32.0 Å². The van der Waals surface area contributed by atoms with Crippen molar-refractivity contribution in [3.63, 3.8) is 0 Å². The zero-order chi connectivity index (χ0) is 15.2.